The van der Waals surface area contributed by atoms with Gasteiger partial charge in [0.05, 0.1) is 0 Å². The number of hydrogen-bond acceptors (Lipinski definition) is 5. The summed E-state index contributed by atoms with van der Waals surface area (Å²) in [5.41, 5.74) is 0.338. The van der Waals surface area contributed by atoms with Gasteiger partial charge in [0.2, 0.25) is 5.91 Å². The van der Waals surface area contributed by atoms with E-state index in [0.717, 1.165) is 5.56 Å². The van der Waals surface area contributed by atoms with Crippen LogP contribution in [0.4, 0.5) is 0 Å². The molecular weight excluding hydrogens is 330 g/mol. The highest BCUT2D eigenvalue weighted by Crippen LogP contribution is 2.37. The Morgan fingerprint density at radius 1 is 1.25 bits per heavy atom. The zero-order valence-electron chi connectivity index (χ0n) is 13.1. The number of esters is 1. The molecule has 1 aliphatic rings. The third-order valence-corrected chi connectivity index (χ3v) is 3.80. The SMILES string of the molecule is C#CCCC1(CCC(=O)NCC(=O)OCc2ccc(Cl)cc2)N=N1. The molecule has 24 heavy (non-hydrogen) atoms. The van der Waals surface area contributed by atoms with Gasteiger partial charge >= 0.3 is 5.97 Å². The molecule has 0 spiro atoms. The molecule has 0 saturated heterocycles. The molecule has 0 aromatic heterocycles. The molecule has 126 valence electrons. The van der Waals surface area contributed by atoms with Crippen LogP contribution in [0.15, 0.2) is 34.5 Å². The Kier molecular flexibility index (Phi) is 6.33. The number of ether oxygens (including phenoxy) is 1. The molecule has 2 rings (SSSR count). The van der Waals surface area contributed by atoms with E-state index in [-0.39, 0.29) is 25.5 Å². The second-order valence-corrected chi connectivity index (χ2v) is 5.89. The minimum Gasteiger partial charge on any atom is -0.460 e. The molecule has 1 heterocycles. The van der Waals surface area contributed by atoms with E-state index in [9.17, 15) is 9.59 Å². The number of nitrogens with one attached hydrogen (secondary N) is 1. The lowest BCUT2D eigenvalue weighted by molar-refractivity contribution is -0.145. The number of terminal acetylenes is 1. The number of carbonyl (C=O) groups excluding carboxylic acids is 2. The van der Waals surface area contributed by atoms with Crippen LogP contribution in [0.2, 0.25) is 5.02 Å². The normalized spacial score (nSPS) is 13.8. The van der Waals surface area contributed by atoms with Crippen molar-refractivity contribution in [2.75, 3.05) is 6.54 Å². The lowest BCUT2D eigenvalue weighted by atomic mass is 10.0. The van der Waals surface area contributed by atoms with Gasteiger partial charge < -0.3 is 10.1 Å². The fraction of sp³-hybridized carbons (Fsp3) is 0.412. The van der Waals surface area contributed by atoms with Gasteiger partial charge in [0, 0.05) is 30.7 Å². The summed E-state index contributed by atoms with van der Waals surface area (Å²) in [4.78, 5) is 23.4. The Bertz CT molecular complexity index is 659. The molecule has 0 radical (unpaired) electrons. The second kappa shape index (κ2) is 8.46. The Labute approximate surface area is 145 Å². The Balaban J connectivity index is 1.60. The monoisotopic (exact) mass is 347 g/mol. The van der Waals surface area contributed by atoms with E-state index in [1.165, 1.54) is 0 Å². The molecule has 6 nitrogen and oxygen atoms in total. The van der Waals surface area contributed by atoms with Gasteiger partial charge in [-0.2, -0.15) is 10.2 Å². The molecule has 7 heteroatoms. The molecule has 0 bridgehead atoms. The van der Waals surface area contributed by atoms with Gasteiger partial charge in [-0.15, -0.1) is 12.3 Å². The lowest BCUT2D eigenvalue weighted by Gasteiger charge is -2.09. The van der Waals surface area contributed by atoms with Crippen LogP contribution in [0.25, 0.3) is 0 Å². The maximum atomic E-state index is 11.8. The summed E-state index contributed by atoms with van der Waals surface area (Å²) >= 11 is 5.77. The number of benzene rings is 1. The van der Waals surface area contributed by atoms with Crippen LogP contribution in [-0.4, -0.2) is 24.1 Å². The molecule has 0 saturated carbocycles. The van der Waals surface area contributed by atoms with Gasteiger partial charge in [-0.1, -0.05) is 23.7 Å². The standard InChI is InChI=1S/C17H18ClN3O3/c1-2-3-9-17(20-21-17)10-8-15(22)19-11-16(23)24-12-13-4-6-14(18)7-5-13/h1,4-7H,3,8-12H2,(H,19,22). The van der Waals surface area contributed by atoms with E-state index in [1.807, 2.05) is 0 Å². The fourth-order valence-electron chi connectivity index (χ4n) is 2.04. The van der Waals surface area contributed by atoms with E-state index in [2.05, 4.69) is 21.5 Å². The molecule has 0 atom stereocenters. The molecule has 1 amide bonds. The van der Waals surface area contributed by atoms with E-state index in [0.29, 0.717) is 24.3 Å². The summed E-state index contributed by atoms with van der Waals surface area (Å²) < 4.78 is 5.07. The van der Waals surface area contributed by atoms with Crippen molar-refractivity contribution in [2.45, 2.75) is 38.0 Å². The molecule has 1 N–H and O–H groups in total. The third-order valence-electron chi connectivity index (χ3n) is 3.55. The molecule has 1 aromatic rings. The molecule has 0 unspecified atom stereocenters. The summed E-state index contributed by atoms with van der Waals surface area (Å²) in [7, 11) is 0. The fourth-order valence-corrected chi connectivity index (χ4v) is 2.16. The first-order valence-electron chi connectivity index (χ1n) is 7.57. The number of rotatable bonds is 9. The molecule has 1 aromatic carbocycles. The van der Waals surface area contributed by atoms with Crippen LogP contribution in [0, 0.1) is 12.3 Å². The minimum atomic E-state index is -0.499. The van der Waals surface area contributed by atoms with E-state index >= 15 is 0 Å². The smallest absolute Gasteiger partial charge is 0.325 e. The highest BCUT2D eigenvalue weighted by Gasteiger charge is 2.39. The van der Waals surface area contributed by atoms with Crippen molar-refractivity contribution in [3.05, 3.63) is 34.9 Å². The molecule has 1 aliphatic heterocycles. The van der Waals surface area contributed by atoms with Crippen LogP contribution in [-0.2, 0) is 20.9 Å². The summed E-state index contributed by atoms with van der Waals surface area (Å²) in [6.07, 6.45) is 7.17. The number of halogens is 1. The van der Waals surface area contributed by atoms with Crippen molar-refractivity contribution in [1.29, 1.82) is 0 Å². The molecule has 0 fully saturated rings. The van der Waals surface area contributed by atoms with Gasteiger partial charge in [0.25, 0.3) is 0 Å². The van der Waals surface area contributed by atoms with Crippen LogP contribution < -0.4 is 5.32 Å². The predicted octanol–water partition coefficient (Wildman–Crippen LogP) is 2.86. The van der Waals surface area contributed by atoms with E-state index in [4.69, 9.17) is 22.8 Å². The minimum absolute atomic E-state index is 0.138. The van der Waals surface area contributed by atoms with Crippen LogP contribution in [0.5, 0.6) is 0 Å². The Morgan fingerprint density at radius 2 is 1.96 bits per heavy atom. The zero-order valence-corrected chi connectivity index (χ0v) is 13.9. The first-order valence-corrected chi connectivity index (χ1v) is 7.95. The number of carbonyl (C=O) groups is 2. The Morgan fingerprint density at radius 3 is 2.58 bits per heavy atom. The van der Waals surface area contributed by atoms with Crippen LogP contribution in [0.3, 0.4) is 0 Å². The van der Waals surface area contributed by atoms with Gasteiger partial charge in [0.1, 0.15) is 13.2 Å². The van der Waals surface area contributed by atoms with Crippen molar-refractivity contribution >= 4 is 23.5 Å². The van der Waals surface area contributed by atoms with Gasteiger partial charge in [-0.05, 0) is 17.7 Å². The summed E-state index contributed by atoms with van der Waals surface area (Å²) in [6, 6.07) is 6.98. The maximum Gasteiger partial charge on any atom is 0.325 e. The van der Waals surface area contributed by atoms with E-state index < -0.39 is 11.6 Å². The summed E-state index contributed by atoms with van der Waals surface area (Å²) in [5, 5.41) is 11.1. The van der Waals surface area contributed by atoms with Crippen molar-refractivity contribution < 1.29 is 14.3 Å². The quantitative estimate of drug-likeness (QED) is 0.551. The van der Waals surface area contributed by atoms with Gasteiger partial charge in [-0.25, -0.2) is 0 Å². The highest BCUT2D eigenvalue weighted by atomic mass is 35.5. The van der Waals surface area contributed by atoms with Gasteiger partial charge in [0.15, 0.2) is 5.66 Å². The van der Waals surface area contributed by atoms with Crippen molar-refractivity contribution in [2.24, 2.45) is 10.2 Å². The number of hydrogen-bond donors (Lipinski definition) is 1. The molecule has 0 aliphatic carbocycles. The first-order chi connectivity index (χ1) is 11.5. The summed E-state index contributed by atoms with van der Waals surface area (Å²) in [5.74, 6) is 1.79. The van der Waals surface area contributed by atoms with E-state index in [1.54, 1.807) is 24.3 Å². The first kappa shape index (κ1) is 18.0. The molecular formula is C17H18ClN3O3. The maximum absolute atomic E-state index is 11.8. The van der Waals surface area contributed by atoms with Crippen LogP contribution >= 0.6 is 11.6 Å². The number of amides is 1. The topological polar surface area (TPSA) is 80.1 Å². The second-order valence-electron chi connectivity index (χ2n) is 5.45. The number of nitrogens with zero attached hydrogens (tertiary/aromatic N) is 2. The van der Waals surface area contributed by atoms with Crippen molar-refractivity contribution in [3.8, 4) is 12.3 Å². The lowest BCUT2D eigenvalue weighted by Crippen LogP contribution is -2.31. The van der Waals surface area contributed by atoms with Crippen molar-refractivity contribution in [1.82, 2.24) is 5.32 Å². The highest BCUT2D eigenvalue weighted by molar-refractivity contribution is 6.30. The van der Waals surface area contributed by atoms with Gasteiger partial charge in [-0.3, -0.25) is 9.59 Å². The third kappa shape index (κ3) is 6.01. The predicted molar refractivity (Wildman–Crippen MR) is 89.1 cm³/mol. The average molecular weight is 348 g/mol. The van der Waals surface area contributed by atoms with Crippen LogP contribution in [0.1, 0.15) is 31.2 Å². The summed E-state index contributed by atoms with van der Waals surface area (Å²) in [6.45, 7) is -0.0309. The average Bonchev–Trinajstić information content (AvgIpc) is 3.36. The van der Waals surface area contributed by atoms with Crippen molar-refractivity contribution in [3.63, 3.8) is 0 Å². The largest absolute Gasteiger partial charge is 0.460 e. The Hall–Kier alpha value is -2.39. The zero-order chi connectivity index (χ0) is 17.4.